The van der Waals surface area contributed by atoms with Gasteiger partial charge >= 0.3 is 0 Å². The van der Waals surface area contributed by atoms with E-state index in [0.717, 1.165) is 38.2 Å². The normalized spacial score (nSPS) is 13.1. The maximum atomic E-state index is 12.3. The summed E-state index contributed by atoms with van der Waals surface area (Å²) in [5.74, 6) is 0.318. The Bertz CT molecular complexity index is 350. The number of amides is 1. The van der Waals surface area contributed by atoms with Crippen molar-refractivity contribution in [2.24, 2.45) is 5.92 Å². The molecule has 0 aliphatic carbocycles. The van der Waals surface area contributed by atoms with Crippen LogP contribution >= 0.6 is 0 Å². The fourth-order valence-corrected chi connectivity index (χ4v) is 2.10. The van der Waals surface area contributed by atoms with Crippen LogP contribution in [0.2, 0.25) is 0 Å². The number of hydrogen-bond acceptors (Lipinski definition) is 3. The zero-order chi connectivity index (χ0) is 16.4. The van der Waals surface area contributed by atoms with Crippen molar-refractivity contribution < 1.29 is 4.79 Å². The van der Waals surface area contributed by atoms with Crippen molar-refractivity contribution >= 4 is 5.91 Å². The molecule has 0 aliphatic rings. The van der Waals surface area contributed by atoms with Gasteiger partial charge in [-0.1, -0.05) is 25.7 Å². The van der Waals surface area contributed by atoms with Crippen molar-refractivity contribution in [2.45, 2.75) is 20.3 Å². The number of nitrogens with zero attached hydrogens (tertiary/aromatic N) is 3. The molecule has 0 radical (unpaired) electrons. The van der Waals surface area contributed by atoms with Crippen molar-refractivity contribution in [3.05, 3.63) is 24.3 Å². The predicted molar refractivity (Wildman–Crippen MR) is 91.4 cm³/mol. The summed E-state index contributed by atoms with van der Waals surface area (Å²) in [5.41, 5.74) is 1.09. The monoisotopic (exact) mass is 295 g/mol. The van der Waals surface area contributed by atoms with Gasteiger partial charge in [-0.25, -0.2) is 0 Å². The van der Waals surface area contributed by atoms with Crippen LogP contribution in [0.5, 0.6) is 0 Å². The second-order valence-electron chi connectivity index (χ2n) is 6.15. The van der Waals surface area contributed by atoms with Crippen LogP contribution in [0.15, 0.2) is 24.3 Å². The summed E-state index contributed by atoms with van der Waals surface area (Å²) >= 11 is 0. The number of carbonyl (C=O) groups excluding carboxylic acids is 1. The molecule has 0 rings (SSSR count). The van der Waals surface area contributed by atoms with E-state index in [-0.39, 0.29) is 11.8 Å². The molecule has 0 heterocycles. The Labute approximate surface area is 131 Å². The molecule has 0 aromatic rings. The average Bonchev–Trinajstić information content (AvgIpc) is 2.41. The SMILES string of the molecule is C=C(/C=C\C)CN(C)CCN(C)C(=O)C(C)CCN(C)C. The van der Waals surface area contributed by atoms with E-state index >= 15 is 0 Å². The van der Waals surface area contributed by atoms with Gasteiger partial charge in [-0.15, -0.1) is 0 Å². The summed E-state index contributed by atoms with van der Waals surface area (Å²) in [7, 11) is 8.02. The number of hydrogen-bond donors (Lipinski definition) is 0. The third-order valence-electron chi connectivity index (χ3n) is 3.50. The van der Waals surface area contributed by atoms with E-state index in [0.29, 0.717) is 0 Å². The first kappa shape index (κ1) is 19.9. The molecule has 0 saturated heterocycles. The number of carbonyl (C=O) groups is 1. The summed E-state index contributed by atoms with van der Waals surface area (Å²) < 4.78 is 0. The first-order chi connectivity index (χ1) is 9.77. The molecular weight excluding hydrogens is 262 g/mol. The molecule has 1 atom stereocenters. The van der Waals surface area contributed by atoms with Gasteiger partial charge in [-0.05, 0) is 46.6 Å². The fourth-order valence-electron chi connectivity index (χ4n) is 2.10. The molecule has 0 aromatic heterocycles. The molecule has 0 N–H and O–H groups in total. The first-order valence-corrected chi connectivity index (χ1v) is 7.66. The molecule has 0 saturated carbocycles. The van der Waals surface area contributed by atoms with Gasteiger partial charge in [0.05, 0.1) is 0 Å². The highest BCUT2D eigenvalue weighted by Gasteiger charge is 2.17. The summed E-state index contributed by atoms with van der Waals surface area (Å²) in [4.78, 5) is 18.4. The van der Waals surface area contributed by atoms with Gasteiger partial charge in [0.2, 0.25) is 5.91 Å². The topological polar surface area (TPSA) is 26.8 Å². The van der Waals surface area contributed by atoms with Crippen LogP contribution in [-0.2, 0) is 4.79 Å². The highest BCUT2D eigenvalue weighted by atomic mass is 16.2. The smallest absolute Gasteiger partial charge is 0.225 e. The van der Waals surface area contributed by atoms with Crippen LogP contribution in [0.4, 0.5) is 0 Å². The molecular formula is C17H33N3O. The van der Waals surface area contributed by atoms with E-state index in [2.05, 4.69) is 23.4 Å². The van der Waals surface area contributed by atoms with Crippen LogP contribution in [0.1, 0.15) is 20.3 Å². The lowest BCUT2D eigenvalue weighted by atomic mass is 10.1. The molecule has 0 bridgehead atoms. The highest BCUT2D eigenvalue weighted by Crippen LogP contribution is 2.07. The van der Waals surface area contributed by atoms with Crippen LogP contribution < -0.4 is 0 Å². The molecule has 0 aromatic carbocycles. The molecule has 4 heteroatoms. The number of allylic oxidation sites excluding steroid dienone is 1. The molecule has 0 spiro atoms. The van der Waals surface area contributed by atoms with Crippen LogP contribution in [-0.4, -0.2) is 75.0 Å². The van der Waals surface area contributed by atoms with E-state index in [1.165, 1.54) is 0 Å². The van der Waals surface area contributed by atoms with Gasteiger partial charge in [-0.2, -0.15) is 0 Å². The largest absolute Gasteiger partial charge is 0.344 e. The minimum Gasteiger partial charge on any atom is -0.344 e. The van der Waals surface area contributed by atoms with Gasteiger partial charge in [0.25, 0.3) is 0 Å². The fraction of sp³-hybridized carbons (Fsp3) is 0.706. The van der Waals surface area contributed by atoms with Crippen molar-refractivity contribution in [3.8, 4) is 0 Å². The van der Waals surface area contributed by atoms with Gasteiger partial charge in [0, 0.05) is 32.6 Å². The van der Waals surface area contributed by atoms with Gasteiger partial charge in [0.1, 0.15) is 0 Å². The van der Waals surface area contributed by atoms with Crippen molar-refractivity contribution in [1.29, 1.82) is 0 Å². The summed E-state index contributed by atoms with van der Waals surface area (Å²) in [5, 5.41) is 0. The van der Waals surface area contributed by atoms with Crippen LogP contribution in [0, 0.1) is 5.92 Å². The third kappa shape index (κ3) is 9.43. The number of rotatable bonds is 10. The van der Waals surface area contributed by atoms with E-state index < -0.39 is 0 Å². The van der Waals surface area contributed by atoms with Crippen LogP contribution in [0.3, 0.4) is 0 Å². The van der Waals surface area contributed by atoms with E-state index in [1.54, 1.807) is 0 Å². The lowest BCUT2D eigenvalue weighted by Gasteiger charge is -2.25. The maximum Gasteiger partial charge on any atom is 0.225 e. The second-order valence-corrected chi connectivity index (χ2v) is 6.15. The quantitative estimate of drug-likeness (QED) is 0.578. The molecule has 0 aliphatic heterocycles. The van der Waals surface area contributed by atoms with Gasteiger partial charge in [-0.3, -0.25) is 4.79 Å². The Morgan fingerprint density at radius 3 is 2.29 bits per heavy atom. The minimum atomic E-state index is 0.0840. The average molecular weight is 295 g/mol. The van der Waals surface area contributed by atoms with Crippen molar-refractivity contribution in [1.82, 2.24) is 14.7 Å². The number of likely N-dealkylation sites (N-methyl/N-ethyl adjacent to an activating group) is 2. The standard InChI is InChI=1S/C17H33N3O/c1-8-9-15(2)14-19(6)12-13-20(7)17(21)16(3)10-11-18(4)5/h8-9,16H,2,10-14H2,1,3-7H3/b9-8-. The molecule has 0 fully saturated rings. The van der Waals surface area contributed by atoms with E-state index in [1.807, 2.05) is 52.0 Å². The molecule has 1 unspecified atom stereocenters. The molecule has 1 amide bonds. The predicted octanol–water partition coefficient (Wildman–Crippen LogP) is 2.10. The lowest BCUT2D eigenvalue weighted by Crippen LogP contribution is -2.38. The Morgan fingerprint density at radius 1 is 1.14 bits per heavy atom. The first-order valence-electron chi connectivity index (χ1n) is 7.66. The minimum absolute atomic E-state index is 0.0840. The lowest BCUT2D eigenvalue weighted by molar-refractivity contribution is -0.134. The van der Waals surface area contributed by atoms with Crippen molar-refractivity contribution in [3.63, 3.8) is 0 Å². The Balaban J connectivity index is 4.09. The van der Waals surface area contributed by atoms with Crippen molar-refractivity contribution in [2.75, 3.05) is 54.4 Å². The third-order valence-corrected chi connectivity index (χ3v) is 3.50. The summed E-state index contributed by atoms with van der Waals surface area (Å²) in [6.45, 7) is 11.4. The van der Waals surface area contributed by atoms with E-state index in [9.17, 15) is 4.79 Å². The second kappa shape index (κ2) is 10.6. The van der Waals surface area contributed by atoms with Gasteiger partial charge in [0.15, 0.2) is 0 Å². The van der Waals surface area contributed by atoms with Crippen LogP contribution in [0.25, 0.3) is 0 Å². The highest BCUT2D eigenvalue weighted by molar-refractivity contribution is 5.78. The Kier molecular flexibility index (Phi) is 10.0. The van der Waals surface area contributed by atoms with E-state index in [4.69, 9.17) is 0 Å². The maximum absolute atomic E-state index is 12.3. The Hall–Kier alpha value is -1.13. The summed E-state index contributed by atoms with van der Waals surface area (Å²) in [6.07, 6.45) is 4.93. The zero-order valence-electron chi connectivity index (χ0n) is 14.7. The summed E-state index contributed by atoms with van der Waals surface area (Å²) in [6, 6.07) is 0. The molecule has 21 heavy (non-hydrogen) atoms. The zero-order valence-corrected chi connectivity index (χ0v) is 14.7. The van der Waals surface area contributed by atoms with Gasteiger partial charge < -0.3 is 14.7 Å². The Morgan fingerprint density at radius 2 is 1.76 bits per heavy atom. The molecule has 4 nitrogen and oxygen atoms in total. The molecule has 122 valence electrons.